The number of nitrogens with zero attached hydrogens (tertiary/aromatic N) is 5. The highest BCUT2D eigenvalue weighted by atomic mass is 16.2. The topological polar surface area (TPSA) is 92.5 Å². The lowest BCUT2D eigenvalue weighted by atomic mass is 10.2. The number of aryl methyl sites for hydroxylation is 1. The molecule has 0 unspecified atom stereocenters. The molecule has 1 fully saturated rings. The van der Waals surface area contributed by atoms with E-state index in [0.29, 0.717) is 11.9 Å². The van der Waals surface area contributed by atoms with Crippen LogP contribution in [-0.4, -0.2) is 75.6 Å². The Morgan fingerprint density at radius 3 is 2.43 bits per heavy atom. The summed E-state index contributed by atoms with van der Waals surface area (Å²) >= 11 is 0. The fourth-order valence-electron chi connectivity index (χ4n) is 3.50. The number of aromatic nitrogens is 3. The zero-order valence-electron chi connectivity index (χ0n) is 16.8. The van der Waals surface area contributed by atoms with Gasteiger partial charge in [-0.05, 0) is 31.6 Å². The van der Waals surface area contributed by atoms with Crippen molar-refractivity contribution in [2.45, 2.75) is 13.3 Å². The van der Waals surface area contributed by atoms with Crippen LogP contribution in [0.3, 0.4) is 0 Å². The number of hydrogen-bond acceptors (Lipinski definition) is 6. The van der Waals surface area contributed by atoms with E-state index in [1.165, 1.54) is 24.7 Å². The SMILES string of the molecule is CCN1CCN(CCCNC(=O)c2ccc3c(=O)n(C)c(=O)n(C)c3n2)CC1. The van der Waals surface area contributed by atoms with Gasteiger partial charge in [-0.3, -0.25) is 18.7 Å². The van der Waals surface area contributed by atoms with Gasteiger partial charge in [-0.2, -0.15) is 0 Å². The Labute approximate surface area is 163 Å². The summed E-state index contributed by atoms with van der Waals surface area (Å²) < 4.78 is 2.31. The molecular weight excluding hydrogens is 360 g/mol. The van der Waals surface area contributed by atoms with E-state index in [9.17, 15) is 14.4 Å². The van der Waals surface area contributed by atoms with Gasteiger partial charge in [0.1, 0.15) is 11.3 Å². The lowest BCUT2D eigenvalue weighted by Gasteiger charge is -2.33. The van der Waals surface area contributed by atoms with Crippen LogP contribution in [0.25, 0.3) is 11.0 Å². The number of carbonyl (C=O) groups is 1. The number of piperazine rings is 1. The molecule has 0 spiro atoms. The Hall–Kier alpha value is -2.52. The summed E-state index contributed by atoms with van der Waals surface area (Å²) in [7, 11) is 2.96. The highest BCUT2D eigenvalue weighted by Gasteiger charge is 2.16. The van der Waals surface area contributed by atoms with Crippen molar-refractivity contribution in [2.75, 3.05) is 45.8 Å². The van der Waals surface area contributed by atoms with E-state index in [2.05, 4.69) is 27.0 Å². The van der Waals surface area contributed by atoms with Crippen LogP contribution in [0.1, 0.15) is 23.8 Å². The lowest BCUT2D eigenvalue weighted by Crippen LogP contribution is -2.46. The van der Waals surface area contributed by atoms with Gasteiger partial charge in [-0.25, -0.2) is 9.78 Å². The number of amides is 1. The quantitative estimate of drug-likeness (QED) is 0.664. The zero-order chi connectivity index (χ0) is 20.3. The molecule has 152 valence electrons. The highest BCUT2D eigenvalue weighted by Crippen LogP contribution is 2.06. The highest BCUT2D eigenvalue weighted by molar-refractivity contribution is 5.94. The van der Waals surface area contributed by atoms with Gasteiger partial charge in [0, 0.05) is 46.8 Å². The summed E-state index contributed by atoms with van der Waals surface area (Å²) in [6, 6.07) is 3.07. The van der Waals surface area contributed by atoms with Crippen LogP contribution in [0.15, 0.2) is 21.7 Å². The molecule has 2 aromatic heterocycles. The monoisotopic (exact) mass is 388 g/mol. The maximum atomic E-state index is 12.4. The molecule has 1 N–H and O–H groups in total. The first-order chi connectivity index (χ1) is 13.4. The molecule has 28 heavy (non-hydrogen) atoms. The van der Waals surface area contributed by atoms with Crippen LogP contribution >= 0.6 is 0 Å². The maximum absolute atomic E-state index is 12.4. The van der Waals surface area contributed by atoms with Crippen molar-refractivity contribution in [3.8, 4) is 0 Å². The van der Waals surface area contributed by atoms with Gasteiger partial charge in [0.2, 0.25) is 0 Å². The summed E-state index contributed by atoms with van der Waals surface area (Å²) in [6.07, 6.45) is 0.866. The first-order valence-corrected chi connectivity index (χ1v) is 9.72. The van der Waals surface area contributed by atoms with Crippen LogP contribution < -0.4 is 16.6 Å². The van der Waals surface area contributed by atoms with Crippen LogP contribution in [0.2, 0.25) is 0 Å². The molecule has 1 amide bonds. The Bertz CT molecular complexity index is 972. The first kappa shape index (κ1) is 20.2. The Morgan fingerprint density at radius 1 is 1.07 bits per heavy atom. The van der Waals surface area contributed by atoms with E-state index in [1.54, 1.807) is 6.07 Å². The van der Waals surface area contributed by atoms with Gasteiger partial charge >= 0.3 is 5.69 Å². The van der Waals surface area contributed by atoms with Crippen molar-refractivity contribution in [1.82, 2.24) is 29.2 Å². The summed E-state index contributed by atoms with van der Waals surface area (Å²) in [4.78, 5) is 45.7. The summed E-state index contributed by atoms with van der Waals surface area (Å²) in [5, 5.41) is 3.19. The molecule has 0 aliphatic carbocycles. The average Bonchev–Trinajstić information content (AvgIpc) is 2.73. The molecule has 1 saturated heterocycles. The predicted octanol–water partition coefficient (Wildman–Crippen LogP) is -0.610. The third-order valence-electron chi connectivity index (χ3n) is 5.38. The molecule has 1 aliphatic rings. The summed E-state index contributed by atoms with van der Waals surface area (Å²) in [5.74, 6) is -0.300. The molecular formula is C19H28N6O3. The minimum Gasteiger partial charge on any atom is -0.351 e. The zero-order valence-corrected chi connectivity index (χ0v) is 16.8. The summed E-state index contributed by atoms with van der Waals surface area (Å²) in [5.41, 5.74) is -0.465. The van der Waals surface area contributed by atoms with Gasteiger partial charge in [0.15, 0.2) is 0 Å². The second kappa shape index (κ2) is 8.66. The number of fused-ring (bicyclic) bond motifs is 1. The third-order valence-corrected chi connectivity index (χ3v) is 5.38. The van der Waals surface area contributed by atoms with E-state index in [0.717, 1.165) is 50.3 Å². The van der Waals surface area contributed by atoms with Crippen molar-refractivity contribution in [2.24, 2.45) is 14.1 Å². The van der Waals surface area contributed by atoms with Gasteiger partial charge in [0.05, 0.1) is 5.39 Å². The average molecular weight is 388 g/mol. The molecule has 0 atom stereocenters. The number of carbonyl (C=O) groups excluding carboxylic acids is 1. The van der Waals surface area contributed by atoms with E-state index >= 15 is 0 Å². The van der Waals surface area contributed by atoms with E-state index in [1.807, 2.05) is 0 Å². The molecule has 1 aliphatic heterocycles. The normalized spacial score (nSPS) is 15.8. The molecule has 0 saturated carbocycles. The van der Waals surface area contributed by atoms with E-state index in [-0.39, 0.29) is 17.2 Å². The maximum Gasteiger partial charge on any atom is 0.332 e. The van der Waals surface area contributed by atoms with Crippen molar-refractivity contribution in [3.05, 3.63) is 38.7 Å². The number of likely N-dealkylation sites (N-methyl/N-ethyl adjacent to an activating group) is 1. The third kappa shape index (κ3) is 4.15. The second-order valence-electron chi connectivity index (χ2n) is 7.16. The molecule has 0 aromatic carbocycles. The smallest absolute Gasteiger partial charge is 0.332 e. The molecule has 3 heterocycles. The Kier molecular flexibility index (Phi) is 6.25. The lowest BCUT2D eigenvalue weighted by molar-refractivity contribution is 0.0943. The molecule has 2 aromatic rings. The Balaban J connectivity index is 1.58. The standard InChI is InChI=1S/C19H28N6O3/c1-4-24-10-12-25(13-11-24)9-5-8-20-17(26)15-7-6-14-16(21-15)22(2)19(28)23(3)18(14)27/h6-7H,4-5,8-13H2,1-3H3,(H,20,26). The fourth-order valence-corrected chi connectivity index (χ4v) is 3.50. The van der Waals surface area contributed by atoms with Crippen molar-refractivity contribution >= 4 is 16.9 Å². The number of pyridine rings is 1. The molecule has 0 radical (unpaired) electrons. The van der Waals surface area contributed by atoms with Crippen LogP contribution in [0.5, 0.6) is 0 Å². The van der Waals surface area contributed by atoms with Crippen molar-refractivity contribution in [1.29, 1.82) is 0 Å². The second-order valence-corrected chi connectivity index (χ2v) is 7.16. The van der Waals surface area contributed by atoms with Crippen molar-refractivity contribution < 1.29 is 4.79 Å². The van der Waals surface area contributed by atoms with Gasteiger partial charge in [-0.15, -0.1) is 0 Å². The van der Waals surface area contributed by atoms with Crippen LogP contribution in [0.4, 0.5) is 0 Å². The predicted molar refractivity (Wildman–Crippen MR) is 108 cm³/mol. The molecule has 9 heteroatoms. The summed E-state index contributed by atoms with van der Waals surface area (Å²) in [6.45, 7) is 9.12. The van der Waals surface area contributed by atoms with Gasteiger partial charge < -0.3 is 15.1 Å². The van der Waals surface area contributed by atoms with Gasteiger partial charge in [0.25, 0.3) is 11.5 Å². The number of nitrogens with one attached hydrogen (secondary N) is 1. The number of hydrogen-bond donors (Lipinski definition) is 1. The first-order valence-electron chi connectivity index (χ1n) is 9.72. The molecule has 3 rings (SSSR count). The van der Waals surface area contributed by atoms with E-state index < -0.39 is 11.2 Å². The number of rotatable bonds is 6. The minimum absolute atomic E-state index is 0.201. The van der Waals surface area contributed by atoms with Gasteiger partial charge in [-0.1, -0.05) is 6.92 Å². The largest absolute Gasteiger partial charge is 0.351 e. The molecule has 0 bridgehead atoms. The van der Waals surface area contributed by atoms with Crippen LogP contribution in [0, 0.1) is 0 Å². The molecule has 9 nitrogen and oxygen atoms in total. The Morgan fingerprint density at radius 2 is 1.75 bits per heavy atom. The van der Waals surface area contributed by atoms with Crippen LogP contribution in [-0.2, 0) is 14.1 Å². The van der Waals surface area contributed by atoms with E-state index in [4.69, 9.17) is 0 Å². The minimum atomic E-state index is -0.467. The fraction of sp³-hybridized carbons (Fsp3) is 0.579. The van der Waals surface area contributed by atoms with Crippen molar-refractivity contribution in [3.63, 3.8) is 0 Å².